The third-order valence-corrected chi connectivity index (χ3v) is 4.45. The Balaban J connectivity index is 1.45. The summed E-state index contributed by atoms with van der Waals surface area (Å²) in [6.45, 7) is 0.961. The van der Waals surface area contributed by atoms with Gasteiger partial charge in [0.15, 0.2) is 11.5 Å². The number of nitriles is 1. The van der Waals surface area contributed by atoms with Gasteiger partial charge in [-0.2, -0.15) is 5.26 Å². The molecule has 0 atom stereocenters. The number of hydrogen-bond acceptors (Lipinski definition) is 5. The zero-order valence-corrected chi connectivity index (χ0v) is 16.1. The number of carbonyl (C=O) groups excluding carboxylic acids is 1. The van der Waals surface area contributed by atoms with Crippen LogP contribution in [-0.2, 0) is 4.79 Å². The lowest BCUT2D eigenvalue weighted by molar-refractivity contribution is -0.112. The largest absolute Gasteiger partial charge is 0.486 e. The van der Waals surface area contributed by atoms with E-state index in [1.807, 2.05) is 60.7 Å². The van der Waals surface area contributed by atoms with Crippen LogP contribution in [-0.4, -0.2) is 19.1 Å². The van der Waals surface area contributed by atoms with E-state index in [4.69, 9.17) is 9.47 Å². The van der Waals surface area contributed by atoms with Crippen molar-refractivity contribution in [3.8, 4) is 17.6 Å². The maximum Gasteiger partial charge on any atom is 0.266 e. The summed E-state index contributed by atoms with van der Waals surface area (Å²) < 4.78 is 11.0. The van der Waals surface area contributed by atoms with Crippen LogP contribution in [0.5, 0.6) is 11.5 Å². The van der Waals surface area contributed by atoms with Crippen molar-refractivity contribution in [2.75, 3.05) is 23.8 Å². The van der Waals surface area contributed by atoms with Crippen molar-refractivity contribution in [1.29, 1.82) is 5.26 Å². The molecule has 3 aromatic carbocycles. The summed E-state index contributed by atoms with van der Waals surface area (Å²) in [5.74, 6) is 0.725. The van der Waals surface area contributed by atoms with E-state index in [9.17, 15) is 10.1 Å². The highest BCUT2D eigenvalue weighted by atomic mass is 16.6. The van der Waals surface area contributed by atoms with E-state index in [1.165, 1.54) is 0 Å². The standard InChI is InChI=1S/C24H19N3O3/c25-16-18(24(28)27-21-10-11-22-23(15-21)30-13-12-29-22)14-17-6-8-20(9-7-17)26-19-4-2-1-3-5-19/h1-11,14-15,26H,12-13H2,(H,27,28)/b18-14+. The lowest BCUT2D eigenvalue weighted by Gasteiger charge is -2.18. The van der Waals surface area contributed by atoms with Gasteiger partial charge in [-0.05, 0) is 48.0 Å². The molecule has 0 unspecified atom stereocenters. The molecule has 4 rings (SSSR count). The summed E-state index contributed by atoms with van der Waals surface area (Å²) in [7, 11) is 0. The van der Waals surface area contributed by atoms with Gasteiger partial charge in [0.2, 0.25) is 0 Å². The Morgan fingerprint density at radius 2 is 1.53 bits per heavy atom. The predicted molar refractivity (Wildman–Crippen MR) is 116 cm³/mol. The van der Waals surface area contributed by atoms with Crippen LogP contribution in [0.2, 0.25) is 0 Å². The van der Waals surface area contributed by atoms with Crippen LogP contribution in [0.15, 0.2) is 78.4 Å². The van der Waals surface area contributed by atoms with Crippen molar-refractivity contribution < 1.29 is 14.3 Å². The smallest absolute Gasteiger partial charge is 0.266 e. The average Bonchev–Trinajstić information content (AvgIpc) is 2.79. The van der Waals surface area contributed by atoms with Gasteiger partial charge in [-0.1, -0.05) is 30.3 Å². The van der Waals surface area contributed by atoms with E-state index >= 15 is 0 Å². The highest BCUT2D eigenvalue weighted by molar-refractivity contribution is 6.09. The molecule has 0 radical (unpaired) electrons. The summed E-state index contributed by atoms with van der Waals surface area (Å²) >= 11 is 0. The quantitative estimate of drug-likeness (QED) is 0.480. The molecular weight excluding hydrogens is 378 g/mol. The molecule has 1 amide bonds. The molecule has 0 aromatic heterocycles. The van der Waals surface area contributed by atoms with Crippen LogP contribution in [0, 0.1) is 11.3 Å². The first kappa shape index (κ1) is 19.1. The fourth-order valence-electron chi connectivity index (χ4n) is 2.99. The molecule has 148 valence electrons. The molecule has 0 bridgehead atoms. The molecule has 1 aliphatic rings. The number of nitrogens with zero attached hydrogens (tertiary/aromatic N) is 1. The molecule has 3 aromatic rings. The number of amides is 1. The molecule has 0 aliphatic carbocycles. The molecule has 30 heavy (non-hydrogen) atoms. The van der Waals surface area contributed by atoms with Crippen LogP contribution in [0.4, 0.5) is 17.1 Å². The Bertz CT molecular complexity index is 1120. The zero-order chi connectivity index (χ0) is 20.8. The van der Waals surface area contributed by atoms with Crippen LogP contribution < -0.4 is 20.1 Å². The molecule has 0 saturated heterocycles. The van der Waals surface area contributed by atoms with E-state index in [0.717, 1.165) is 16.9 Å². The summed E-state index contributed by atoms with van der Waals surface area (Å²) in [5, 5.41) is 15.5. The second kappa shape index (κ2) is 8.84. The number of rotatable bonds is 5. The zero-order valence-electron chi connectivity index (χ0n) is 16.1. The fourth-order valence-corrected chi connectivity index (χ4v) is 2.99. The Kier molecular flexibility index (Phi) is 5.63. The Morgan fingerprint density at radius 3 is 2.27 bits per heavy atom. The number of ether oxygens (including phenoxy) is 2. The van der Waals surface area contributed by atoms with Gasteiger partial charge in [0.25, 0.3) is 5.91 Å². The van der Waals surface area contributed by atoms with Crippen LogP contribution in [0.1, 0.15) is 5.56 Å². The molecular formula is C24H19N3O3. The normalized spacial score (nSPS) is 12.6. The first-order valence-electron chi connectivity index (χ1n) is 9.46. The molecule has 6 nitrogen and oxygen atoms in total. The third kappa shape index (κ3) is 4.59. The molecule has 6 heteroatoms. The van der Waals surface area contributed by atoms with E-state index in [2.05, 4.69) is 10.6 Å². The fraction of sp³-hybridized carbons (Fsp3) is 0.0833. The van der Waals surface area contributed by atoms with Gasteiger partial charge in [-0.25, -0.2) is 0 Å². The highest BCUT2D eigenvalue weighted by Gasteiger charge is 2.14. The van der Waals surface area contributed by atoms with Crippen molar-refractivity contribution in [2.24, 2.45) is 0 Å². The topological polar surface area (TPSA) is 83.4 Å². The number of nitrogens with one attached hydrogen (secondary N) is 2. The van der Waals surface area contributed by atoms with E-state index in [-0.39, 0.29) is 5.57 Å². The summed E-state index contributed by atoms with van der Waals surface area (Å²) in [5.41, 5.74) is 3.19. The predicted octanol–water partition coefficient (Wildman–Crippen LogP) is 4.75. The van der Waals surface area contributed by atoms with Crippen molar-refractivity contribution in [3.05, 3.63) is 83.9 Å². The number of benzene rings is 3. The second-order valence-corrected chi connectivity index (χ2v) is 6.60. The minimum Gasteiger partial charge on any atom is -0.486 e. The summed E-state index contributed by atoms with van der Waals surface area (Å²) in [4.78, 5) is 12.5. The molecule has 0 fully saturated rings. The van der Waals surface area contributed by atoms with Crippen molar-refractivity contribution >= 4 is 29.0 Å². The minimum atomic E-state index is -0.485. The molecule has 2 N–H and O–H groups in total. The SMILES string of the molecule is N#C/C(=C\c1ccc(Nc2ccccc2)cc1)C(=O)Nc1ccc2c(c1)OCCO2. The van der Waals surface area contributed by atoms with Gasteiger partial charge in [0, 0.05) is 23.1 Å². The molecule has 0 saturated carbocycles. The number of fused-ring (bicyclic) bond motifs is 1. The van der Waals surface area contributed by atoms with Crippen molar-refractivity contribution in [1.82, 2.24) is 0 Å². The molecule has 1 aliphatic heterocycles. The first-order chi connectivity index (χ1) is 14.7. The molecule has 0 spiro atoms. The minimum absolute atomic E-state index is 0.00802. The summed E-state index contributed by atoms with van der Waals surface area (Å²) in [6.07, 6.45) is 1.56. The lowest BCUT2D eigenvalue weighted by Crippen LogP contribution is -2.17. The number of hydrogen-bond donors (Lipinski definition) is 2. The third-order valence-electron chi connectivity index (χ3n) is 4.45. The van der Waals surface area contributed by atoms with E-state index in [0.29, 0.717) is 30.4 Å². The van der Waals surface area contributed by atoms with Gasteiger partial charge in [-0.3, -0.25) is 4.79 Å². The van der Waals surface area contributed by atoms with Crippen LogP contribution in [0.25, 0.3) is 6.08 Å². The van der Waals surface area contributed by atoms with Gasteiger partial charge in [0.05, 0.1) is 0 Å². The monoisotopic (exact) mass is 397 g/mol. The molecule has 1 heterocycles. The summed E-state index contributed by atoms with van der Waals surface area (Å²) in [6, 6.07) is 24.4. The first-order valence-corrected chi connectivity index (χ1v) is 9.46. The number of anilines is 3. The Labute approximate surface area is 174 Å². The second-order valence-electron chi connectivity index (χ2n) is 6.60. The Hall–Kier alpha value is -4.24. The maximum atomic E-state index is 12.5. The Morgan fingerprint density at radius 1 is 0.867 bits per heavy atom. The highest BCUT2D eigenvalue weighted by Crippen LogP contribution is 2.32. The van der Waals surface area contributed by atoms with Crippen LogP contribution >= 0.6 is 0 Å². The van der Waals surface area contributed by atoms with Gasteiger partial charge >= 0.3 is 0 Å². The van der Waals surface area contributed by atoms with Crippen molar-refractivity contribution in [2.45, 2.75) is 0 Å². The van der Waals surface area contributed by atoms with E-state index in [1.54, 1.807) is 24.3 Å². The maximum absolute atomic E-state index is 12.5. The van der Waals surface area contributed by atoms with Gasteiger partial charge in [0.1, 0.15) is 24.9 Å². The number of para-hydroxylation sites is 1. The van der Waals surface area contributed by atoms with Gasteiger partial charge < -0.3 is 20.1 Å². The van der Waals surface area contributed by atoms with E-state index < -0.39 is 5.91 Å². The lowest BCUT2D eigenvalue weighted by atomic mass is 10.1. The van der Waals surface area contributed by atoms with Gasteiger partial charge in [-0.15, -0.1) is 0 Å². The van der Waals surface area contributed by atoms with Crippen molar-refractivity contribution in [3.63, 3.8) is 0 Å². The number of carbonyl (C=O) groups is 1. The van der Waals surface area contributed by atoms with Crippen LogP contribution in [0.3, 0.4) is 0 Å². The average molecular weight is 397 g/mol.